The molecule has 2 fully saturated rings. The zero-order valence-electron chi connectivity index (χ0n) is 17.3. The third-order valence-corrected chi connectivity index (χ3v) is 7.34. The SMILES string of the molecule is Cc1csc(C(=O)Nc2ccc(Cl)cn2)c1NC(=O)[C@H]1CC[C@H](N2CCCC2=O)CC1. The molecular formula is C22H25ClN4O3S. The van der Waals surface area contributed by atoms with Crippen LogP contribution in [0.15, 0.2) is 23.7 Å². The smallest absolute Gasteiger partial charge is 0.269 e. The molecule has 1 saturated carbocycles. The Morgan fingerprint density at radius 3 is 2.61 bits per heavy atom. The van der Waals surface area contributed by atoms with E-state index in [-0.39, 0.29) is 29.7 Å². The van der Waals surface area contributed by atoms with Crippen molar-refractivity contribution in [2.24, 2.45) is 5.92 Å². The summed E-state index contributed by atoms with van der Waals surface area (Å²) in [7, 11) is 0. The molecule has 1 saturated heterocycles. The minimum absolute atomic E-state index is 0.0635. The number of nitrogens with one attached hydrogen (secondary N) is 2. The number of aryl methyl sites for hydroxylation is 1. The summed E-state index contributed by atoms with van der Waals surface area (Å²) in [5.74, 6) is 0.146. The van der Waals surface area contributed by atoms with Gasteiger partial charge in [0.2, 0.25) is 11.8 Å². The molecule has 2 aromatic heterocycles. The fraction of sp³-hybridized carbons (Fsp3) is 0.455. The molecule has 0 unspecified atom stereocenters. The van der Waals surface area contributed by atoms with E-state index in [2.05, 4.69) is 15.6 Å². The Hall–Kier alpha value is -2.45. The molecule has 1 aliphatic heterocycles. The van der Waals surface area contributed by atoms with Crippen molar-refractivity contribution in [3.8, 4) is 0 Å². The van der Waals surface area contributed by atoms with Crippen LogP contribution in [0.2, 0.25) is 5.02 Å². The van der Waals surface area contributed by atoms with E-state index in [4.69, 9.17) is 11.6 Å². The van der Waals surface area contributed by atoms with Crippen molar-refractivity contribution in [3.05, 3.63) is 39.2 Å². The number of carbonyl (C=O) groups is 3. The molecule has 7 nitrogen and oxygen atoms in total. The quantitative estimate of drug-likeness (QED) is 0.688. The fourth-order valence-corrected chi connectivity index (χ4v) is 5.33. The molecule has 2 aliphatic rings. The van der Waals surface area contributed by atoms with Gasteiger partial charge in [0.15, 0.2) is 0 Å². The van der Waals surface area contributed by atoms with Crippen molar-refractivity contribution in [3.63, 3.8) is 0 Å². The lowest BCUT2D eigenvalue weighted by atomic mass is 9.84. The van der Waals surface area contributed by atoms with Crippen LogP contribution in [-0.4, -0.2) is 40.2 Å². The van der Waals surface area contributed by atoms with Crippen LogP contribution in [0, 0.1) is 12.8 Å². The first-order valence-electron chi connectivity index (χ1n) is 10.5. The van der Waals surface area contributed by atoms with E-state index in [9.17, 15) is 14.4 Å². The van der Waals surface area contributed by atoms with E-state index in [1.165, 1.54) is 17.5 Å². The van der Waals surface area contributed by atoms with Gasteiger partial charge in [-0.25, -0.2) is 4.98 Å². The van der Waals surface area contributed by atoms with Gasteiger partial charge in [0.1, 0.15) is 10.7 Å². The summed E-state index contributed by atoms with van der Waals surface area (Å²) in [5, 5.41) is 8.08. The van der Waals surface area contributed by atoms with Crippen molar-refractivity contribution in [2.75, 3.05) is 17.2 Å². The second-order valence-electron chi connectivity index (χ2n) is 8.12. The monoisotopic (exact) mass is 460 g/mol. The van der Waals surface area contributed by atoms with Gasteiger partial charge in [0.05, 0.1) is 10.7 Å². The average molecular weight is 461 g/mol. The number of carbonyl (C=O) groups excluding carboxylic acids is 3. The minimum Gasteiger partial charge on any atom is -0.340 e. The molecular weight excluding hydrogens is 436 g/mol. The highest BCUT2D eigenvalue weighted by molar-refractivity contribution is 7.13. The average Bonchev–Trinajstić information content (AvgIpc) is 3.35. The number of nitrogens with zero attached hydrogens (tertiary/aromatic N) is 2. The highest BCUT2D eigenvalue weighted by atomic mass is 35.5. The summed E-state index contributed by atoms with van der Waals surface area (Å²) < 4.78 is 0. The van der Waals surface area contributed by atoms with E-state index >= 15 is 0 Å². The molecule has 0 bridgehead atoms. The molecule has 31 heavy (non-hydrogen) atoms. The third kappa shape index (κ3) is 4.91. The number of pyridine rings is 1. The molecule has 1 aliphatic carbocycles. The molecule has 2 aromatic rings. The maximum atomic E-state index is 12.9. The molecule has 0 radical (unpaired) electrons. The van der Waals surface area contributed by atoms with Crippen LogP contribution in [0.1, 0.15) is 53.8 Å². The Morgan fingerprint density at radius 2 is 1.97 bits per heavy atom. The van der Waals surface area contributed by atoms with Crippen LogP contribution in [0.3, 0.4) is 0 Å². The Labute approximate surface area is 190 Å². The number of hydrogen-bond acceptors (Lipinski definition) is 5. The van der Waals surface area contributed by atoms with Crippen molar-refractivity contribution in [2.45, 2.75) is 51.5 Å². The molecule has 3 amide bonds. The maximum Gasteiger partial charge on any atom is 0.269 e. The van der Waals surface area contributed by atoms with Crippen molar-refractivity contribution >= 4 is 52.2 Å². The van der Waals surface area contributed by atoms with E-state index < -0.39 is 0 Å². The van der Waals surface area contributed by atoms with Gasteiger partial charge in [-0.3, -0.25) is 14.4 Å². The second-order valence-corrected chi connectivity index (χ2v) is 9.44. The number of thiophene rings is 1. The largest absolute Gasteiger partial charge is 0.340 e. The Kier molecular flexibility index (Phi) is 6.57. The molecule has 2 N–H and O–H groups in total. The van der Waals surface area contributed by atoms with Crippen LogP contribution in [0.4, 0.5) is 11.5 Å². The Balaban J connectivity index is 1.37. The number of rotatable bonds is 5. The second kappa shape index (κ2) is 9.36. The lowest BCUT2D eigenvalue weighted by Gasteiger charge is -2.34. The van der Waals surface area contributed by atoms with Crippen LogP contribution >= 0.6 is 22.9 Å². The number of amides is 3. The lowest BCUT2D eigenvalue weighted by Crippen LogP contribution is -2.40. The van der Waals surface area contributed by atoms with Gasteiger partial charge in [-0.1, -0.05) is 11.6 Å². The van der Waals surface area contributed by atoms with Gasteiger partial charge in [-0.05, 0) is 62.1 Å². The molecule has 164 valence electrons. The number of halogens is 1. The highest BCUT2D eigenvalue weighted by Crippen LogP contribution is 2.33. The van der Waals surface area contributed by atoms with Crippen molar-refractivity contribution < 1.29 is 14.4 Å². The number of hydrogen-bond donors (Lipinski definition) is 2. The standard InChI is InChI=1S/C22H25ClN4O3S/c1-13-12-31-20(22(30)25-17-9-6-15(23)11-24-17)19(13)26-21(29)14-4-7-16(8-5-14)27-10-2-3-18(27)28/h6,9,11-12,14,16H,2-5,7-8,10H2,1H3,(H,26,29)(H,24,25,30)/t14-,16-. The normalized spacial score (nSPS) is 21.2. The molecule has 9 heteroatoms. The zero-order valence-corrected chi connectivity index (χ0v) is 18.9. The first-order valence-corrected chi connectivity index (χ1v) is 11.8. The summed E-state index contributed by atoms with van der Waals surface area (Å²) in [6.07, 6.45) is 6.25. The first-order chi connectivity index (χ1) is 14.9. The van der Waals surface area contributed by atoms with Crippen LogP contribution < -0.4 is 10.6 Å². The molecule has 0 aromatic carbocycles. The van der Waals surface area contributed by atoms with Crippen LogP contribution in [0.5, 0.6) is 0 Å². The predicted molar refractivity (Wildman–Crippen MR) is 122 cm³/mol. The Bertz CT molecular complexity index is 983. The number of likely N-dealkylation sites (tertiary alicyclic amines) is 1. The Morgan fingerprint density at radius 1 is 1.19 bits per heavy atom. The van der Waals surface area contributed by atoms with E-state index in [0.717, 1.165) is 44.2 Å². The van der Waals surface area contributed by atoms with Crippen LogP contribution in [-0.2, 0) is 9.59 Å². The molecule has 4 rings (SSSR count). The minimum atomic E-state index is -0.320. The summed E-state index contributed by atoms with van der Waals surface area (Å²) >= 11 is 7.13. The lowest BCUT2D eigenvalue weighted by molar-refractivity contribution is -0.130. The first kappa shape index (κ1) is 21.8. The number of aromatic nitrogens is 1. The topological polar surface area (TPSA) is 91.4 Å². The molecule has 0 atom stereocenters. The van der Waals surface area contributed by atoms with Gasteiger partial charge < -0.3 is 15.5 Å². The fourth-order valence-electron chi connectivity index (χ4n) is 4.32. The maximum absolute atomic E-state index is 12.9. The summed E-state index contributed by atoms with van der Waals surface area (Å²) in [5.41, 5.74) is 1.40. The zero-order chi connectivity index (χ0) is 22.0. The summed E-state index contributed by atoms with van der Waals surface area (Å²) in [4.78, 5) is 44.2. The summed E-state index contributed by atoms with van der Waals surface area (Å²) in [6, 6.07) is 3.54. The summed E-state index contributed by atoms with van der Waals surface area (Å²) in [6.45, 7) is 2.72. The molecule has 3 heterocycles. The van der Waals surface area contributed by atoms with E-state index in [1.807, 2.05) is 17.2 Å². The predicted octanol–water partition coefficient (Wildman–Crippen LogP) is 4.48. The van der Waals surface area contributed by atoms with Gasteiger partial charge in [-0.15, -0.1) is 11.3 Å². The van der Waals surface area contributed by atoms with Gasteiger partial charge in [-0.2, -0.15) is 0 Å². The number of anilines is 2. The highest BCUT2D eigenvalue weighted by Gasteiger charge is 2.34. The van der Waals surface area contributed by atoms with E-state index in [1.54, 1.807) is 12.1 Å². The van der Waals surface area contributed by atoms with E-state index in [0.29, 0.717) is 27.8 Å². The third-order valence-electron chi connectivity index (χ3n) is 6.02. The molecule has 0 spiro atoms. The van der Waals surface area contributed by atoms with Gasteiger partial charge >= 0.3 is 0 Å². The van der Waals surface area contributed by atoms with Crippen LogP contribution in [0.25, 0.3) is 0 Å². The van der Waals surface area contributed by atoms with Gasteiger partial charge in [0.25, 0.3) is 5.91 Å². The van der Waals surface area contributed by atoms with Gasteiger partial charge in [0, 0.05) is 31.1 Å². The van der Waals surface area contributed by atoms with Crippen molar-refractivity contribution in [1.82, 2.24) is 9.88 Å². The van der Waals surface area contributed by atoms with Crippen molar-refractivity contribution in [1.29, 1.82) is 0 Å².